The third-order valence-electron chi connectivity index (χ3n) is 7.40. The van der Waals surface area contributed by atoms with Crippen LogP contribution in [-0.2, 0) is 4.79 Å². The number of piperidine rings is 1. The molecular weight excluding hydrogens is 585 g/mol. The first-order valence-electron chi connectivity index (χ1n) is 14.5. The van der Waals surface area contributed by atoms with Gasteiger partial charge < -0.3 is 20.7 Å². The van der Waals surface area contributed by atoms with Gasteiger partial charge in [0, 0.05) is 36.3 Å². The van der Waals surface area contributed by atoms with Crippen LogP contribution in [0, 0.1) is 28.8 Å². The topological polar surface area (TPSA) is 135 Å². The number of fused-ring (bicyclic) bond motifs is 1. The van der Waals surface area contributed by atoms with E-state index < -0.39 is 23.0 Å². The Morgan fingerprint density at radius 2 is 1.98 bits per heavy atom. The third-order valence-corrected chi connectivity index (χ3v) is 7.40. The first kappa shape index (κ1) is 31.5. The number of anilines is 1. The van der Waals surface area contributed by atoms with Crippen LogP contribution in [-0.4, -0.2) is 55.2 Å². The predicted molar refractivity (Wildman–Crippen MR) is 162 cm³/mol. The molecule has 234 valence electrons. The Balaban J connectivity index is 1.46. The van der Waals surface area contributed by atoms with Gasteiger partial charge in [-0.05, 0) is 57.0 Å². The molecular formula is C32H33F3N8O2. The van der Waals surface area contributed by atoms with Crippen molar-refractivity contribution in [3.63, 3.8) is 0 Å². The van der Waals surface area contributed by atoms with Crippen LogP contribution in [0.5, 0.6) is 11.5 Å². The van der Waals surface area contributed by atoms with Crippen molar-refractivity contribution in [2.75, 3.05) is 18.8 Å². The number of nitrogens with two attached hydrogens (primary N) is 1. The van der Waals surface area contributed by atoms with Crippen LogP contribution in [0.2, 0.25) is 0 Å². The molecule has 0 aliphatic carbocycles. The minimum Gasteiger partial charge on any atom is -0.454 e. The van der Waals surface area contributed by atoms with Crippen LogP contribution in [0.25, 0.3) is 22.3 Å². The lowest BCUT2D eigenvalue weighted by atomic mass is 9.98. The largest absolute Gasteiger partial charge is 0.454 e. The number of aromatic nitrogens is 4. The van der Waals surface area contributed by atoms with E-state index >= 15 is 4.39 Å². The molecule has 1 fully saturated rings. The van der Waals surface area contributed by atoms with E-state index in [0.29, 0.717) is 30.4 Å². The quantitative estimate of drug-likeness (QED) is 0.190. The molecule has 0 saturated carbocycles. The number of halogens is 3. The first-order valence-corrected chi connectivity index (χ1v) is 14.5. The van der Waals surface area contributed by atoms with E-state index in [0.717, 1.165) is 12.1 Å². The predicted octanol–water partition coefficient (Wildman–Crippen LogP) is 5.68. The monoisotopic (exact) mass is 618 g/mol. The van der Waals surface area contributed by atoms with Gasteiger partial charge in [0.25, 0.3) is 5.91 Å². The molecule has 0 radical (unpaired) electrons. The highest BCUT2D eigenvalue weighted by atomic mass is 19.2. The zero-order valence-corrected chi connectivity index (χ0v) is 25.3. The molecule has 13 heteroatoms. The Labute approximate surface area is 258 Å². The van der Waals surface area contributed by atoms with E-state index in [9.17, 15) is 18.8 Å². The van der Waals surface area contributed by atoms with E-state index in [4.69, 9.17) is 15.6 Å². The number of nitrogens with zero attached hydrogens (tertiary/aromatic N) is 6. The van der Waals surface area contributed by atoms with Crippen molar-refractivity contribution in [1.29, 1.82) is 5.26 Å². The molecule has 1 atom stereocenters. The highest BCUT2D eigenvalue weighted by Gasteiger charge is 2.31. The number of nitrogens with one attached hydrogen (secondary N) is 1. The average Bonchev–Trinajstić information content (AvgIpc) is 3.38. The first-order chi connectivity index (χ1) is 21.4. The van der Waals surface area contributed by atoms with Crippen molar-refractivity contribution in [3.8, 4) is 28.8 Å². The fraction of sp³-hybridized carbons (Fsp3) is 0.344. The van der Waals surface area contributed by atoms with Crippen LogP contribution in [0.4, 0.5) is 19.0 Å². The van der Waals surface area contributed by atoms with Gasteiger partial charge in [0.1, 0.15) is 41.0 Å². The number of likely N-dealkylation sites (tertiary alicyclic amines) is 1. The molecule has 0 bridgehead atoms. The van der Waals surface area contributed by atoms with E-state index in [2.05, 4.69) is 21.4 Å². The Bertz CT molecular complexity index is 1830. The lowest BCUT2D eigenvalue weighted by Gasteiger charge is -2.33. The summed E-state index contributed by atoms with van der Waals surface area (Å²) in [6, 6.07) is 9.15. The molecule has 2 aromatic heterocycles. The molecule has 1 aliphatic heterocycles. The third kappa shape index (κ3) is 6.61. The van der Waals surface area contributed by atoms with Crippen molar-refractivity contribution in [1.82, 2.24) is 30.0 Å². The maximum atomic E-state index is 15.6. The normalized spacial score (nSPS) is 15.8. The Morgan fingerprint density at radius 3 is 2.69 bits per heavy atom. The molecule has 5 rings (SSSR count). The Morgan fingerprint density at radius 1 is 1.20 bits per heavy atom. The van der Waals surface area contributed by atoms with Crippen LogP contribution >= 0.6 is 0 Å². The highest BCUT2D eigenvalue weighted by Crippen LogP contribution is 2.37. The summed E-state index contributed by atoms with van der Waals surface area (Å²) in [6.07, 6.45) is 4.21. The number of hydrogen-bond acceptors (Lipinski definition) is 8. The summed E-state index contributed by atoms with van der Waals surface area (Å²) in [5.41, 5.74) is 6.28. The van der Waals surface area contributed by atoms with E-state index in [-0.39, 0.29) is 58.7 Å². The second kappa shape index (κ2) is 12.6. The number of benzene rings is 2. The Hall–Kier alpha value is -4.96. The van der Waals surface area contributed by atoms with Crippen molar-refractivity contribution < 1.29 is 22.7 Å². The fourth-order valence-electron chi connectivity index (χ4n) is 5.68. The van der Waals surface area contributed by atoms with Crippen molar-refractivity contribution in [2.45, 2.75) is 58.2 Å². The molecule has 1 aliphatic rings. The lowest BCUT2D eigenvalue weighted by Crippen LogP contribution is -2.44. The molecule has 3 N–H and O–H groups in total. The zero-order chi connectivity index (χ0) is 32.5. The average molecular weight is 619 g/mol. The number of rotatable bonds is 8. The number of hydrogen-bond donors (Lipinski definition) is 2. The van der Waals surface area contributed by atoms with Crippen LogP contribution < -0.4 is 15.8 Å². The van der Waals surface area contributed by atoms with Gasteiger partial charge in [-0.3, -0.25) is 4.79 Å². The smallest absolute Gasteiger partial charge is 0.264 e. The van der Waals surface area contributed by atoms with Crippen molar-refractivity contribution in [2.24, 2.45) is 0 Å². The van der Waals surface area contributed by atoms with Gasteiger partial charge in [-0.2, -0.15) is 14.8 Å². The van der Waals surface area contributed by atoms with Gasteiger partial charge in [-0.1, -0.05) is 19.9 Å². The summed E-state index contributed by atoms with van der Waals surface area (Å²) in [5, 5.41) is 18.2. The highest BCUT2D eigenvalue weighted by molar-refractivity contribution is 5.99. The number of carbonyl (C=O) groups excluding carboxylic acids is 1. The van der Waals surface area contributed by atoms with Crippen molar-refractivity contribution >= 4 is 22.8 Å². The SMILES string of the molecule is CC(C)NC(C)(C)/C=C(/C#N)C(=O)N1CCC[C@H](n2nc(-c3ccc(Oc4cccc(F)c4F)cc3F)c3c(N)ncnc32)C1. The standard InChI is InChI=1S/C32H33F3N8O2/c1-18(2)40-32(3,4)14-19(15-36)31(44)42-12-6-7-20(16-42)43-30-26(29(37)38-17-39-30)28(41-43)22-11-10-21(13-24(22)34)45-25-9-5-8-23(33)27(25)35/h5,8-11,13-14,17-18,20,40H,6-7,12,16H2,1-4H3,(H2,37,38,39)/b19-14-/t20-/m0/s1. The summed E-state index contributed by atoms with van der Waals surface area (Å²) in [7, 11) is 0. The molecule has 2 aromatic carbocycles. The lowest BCUT2D eigenvalue weighted by molar-refractivity contribution is -0.128. The number of amides is 1. The van der Waals surface area contributed by atoms with E-state index in [1.807, 2.05) is 27.7 Å². The van der Waals surface area contributed by atoms with E-state index in [1.54, 1.807) is 15.7 Å². The molecule has 3 heterocycles. The molecule has 4 aromatic rings. The van der Waals surface area contributed by atoms with Gasteiger partial charge in [-0.15, -0.1) is 0 Å². The summed E-state index contributed by atoms with van der Waals surface area (Å²) in [6.45, 7) is 8.47. The molecule has 0 unspecified atom stereocenters. The zero-order valence-electron chi connectivity index (χ0n) is 25.3. The molecule has 0 spiro atoms. The molecule has 1 amide bonds. The summed E-state index contributed by atoms with van der Waals surface area (Å²) >= 11 is 0. The van der Waals surface area contributed by atoms with Gasteiger partial charge >= 0.3 is 0 Å². The fourth-order valence-corrected chi connectivity index (χ4v) is 5.68. The molecule has 1 saturated heterocycles. The molecule has 10 nitrogen and oxygen atoms in total. The summed E-state index contributed by atoms with van der Waals surface area (Å²) < 4.78 is 50.3. The second-order valence-corrected chi connectivity index (χ2v) is 11.8. The van der Waals surface area contributed by atoms with Gasteiger partial charge in [0.05, 0.1) is 11.4 Å². The Kier molecular flexibility index (Phi) is 8.79. The number of ether oxygens (including phenoxy) is 1. The van der Waals surface area contributed by atoms with Gasteiger partial charge in [-0.25, -0.2) is 23.4 Å². The minimum atomic E-state index is -1.19. The maximum absolute atomic E-state index is 15.6. The molecule has 45 heavy (non-hydrogen) atoms. The van der Waals surface area contributed by atoms with Crippen LogP contribution in [0.3, 0.4) is 0 Å². The van der Waals surface area contributed by atoms with Crippen LogP contribution in [0.15, 0.2) is 54.4 Å². The van der Waals surface area contributed by atoms with Crippen molar-refractivity contribution in [3.05, 3.63) is 71.8 Å². The summed E-state index contributed by atoms with van der Waals surface area (Å²) in [5.74, 6) is -3.77. The van der Waals surface area contributed by atoms with E-state index in [1.165, 1.54) is 30.6 Å². The second-order valence-electron chi connectivity index (χ2n) is 11.8. The number of carbonyl (C=O) groups is 1. The van der Waals surface area contributed by atoms with Gasteiger partial charge in [0.15, 0.2) is 17.2 Å². The maximum Gasteiger partial charge on any atom is 0.264 e. The number of nitriles is 1. The summed E-state index contributed by atoms with van der Waals surface area (Å²) in [4.78, 5) is 23.6. The van der Waals surface area contributed by atoms with Gasteiger partial charge in [0.2, 0.25) is 5.82 Å². The van der Waals surface area contributed by atoms with Crippen LogP contribution in [0.1, 0.15) is 46.6 Å². The minimum absolute atomic E-state index is 0.0360. The number of nitrogen functional groups attached to an aromatic ring is 1.